The second-order valence-corrected chi connectivity index (χ2v) is 11.0. The topological polar surface area (TPSA) is 95.6 Å². The molecule has 1 heterocycles. The molecule has 0 saturated carbocycles. The highest BCUT2D eigenvalue weighted by atomic mass is 32.2. The fourth-order valence-corrected chi connectivity index (χ4v) is 5.83. The number of carbonyl (C=O) groups is 2. The number of rotatable bonds is 10. The lowest BCUT2D eigenvalue weighted by molar-refractivity contribution is -0.132. The van der Waals surface area contributed by atoms with Gasteiger partial charge in [-0.1, -0.05) is 48.5 Å². The minimum absolute atomic E-state index is 0.115. The van der Waals surface area contributed by atoms with Gasteiger partial charge in [0.1, 0.15) is 6.04 Å². The Kier molecular flexibility index (Phi) is 9.34. The van der Waals surface area contributed by atoms with E-state index in [1.54, 1.807) is 42.1 Å². The van der Waals surface area contributed by atoms with E-state index in [2.05, 4.69) is 10.6 Å². The normalized spacial score (nSPS) is 17.8. The lowest BCUT2D eigenvalue weighted by Crippen LogP contribution is -2.51. The number of hydrogen-bond acceptors (Lipinski definition) is 5. The van der Waals surface area contributed by atoms with Gasteiger partial charge in [0.2, 0.25) is 21.8 Å². The summed E-state index contributed by atoms with van der Waals surface area (Å²) in [7, 11) is -3.66. The molecular formula is C24H31N3O4S2. The molecule has 178 valence electrons. The van der Waals surface area contributed by atoms with Crippen LogP contribution < -0.4 is 10.6 Å². The maximum atomic E-state index is 13.0. The van der Waals surface area contributed by atoms with E-state index in [4.69, 9.17) is 0 Å². The van der Waals surface area contributed by atoms with Crippen LogP contribution in [-0.2, 0) is 26.2 Å². The van der Waals surface area contributed by atoms with Crippen LogP contribution in [0.3, 0.4) is 0 Å². The molecule has 2 amide bonds. The molecule has 0 spiro atoms. The number of thioether (sulfide) groups is 1. The van der Waals surface area contributed by atoms with Crippen LogP contribution in [0.5, 0.6) is 0 Å². The summed E-state index contributed by atoms with van der Waals surface area (Å²) in [4.78, 5) is 26.1. The van der Waals surface area contributed by atoms with Gasteiger partial charge >= 0.3 is 0 Å². The predicted octanol–water partition coefficient (Wildman–Crippen LogP) is 2.64. The van der Waals surface area contributed by atoms with E-state index in [0.29, 0.717) is 32.4 Å². The first kappa shape index (κ1) is 25.3. The molecule has 0 radical (unpaired) electrons. The fourth-order valence-electron chi connectivity index (χ4n) is 3.82. The van der Waals surface area contributed by atoms with Crippen LogP contribution >= 0.6 is 11.8 Å². The molecule has 0 aliphatic carbocycles. The van der Waals surface area contributed by atoms with Crippen LogP contribution in [0.4, 0.5) is 0 Å². The molecule has 2 aromatic carbocycles. The molecule has 3 rings (SSSR count). The highest BCUT2D eigenvalue weighted by Crippen LogP contribution is 2.24. The van der Waals surface area contributed by atoms with Crippen molar-refractivity contribution in [2.24, 2.45) is 5.92 Å². The molecule has 1 aliphatic rings. The van der Waals surface area contributed by atoms with Crippen molar-refractivity contribution in [3.05, 3.63) is 66.2 Å². The monoisotopic (exact) mass is 489 g/mol. The zero-order chi connectivity index (χ0) is 23.7. The van der Waals surface area contributed by atoms with E-state index in [1.165, 1.54) is 4.31 Å². The summed E-state index contributed by atoms with van der Waals surface area (Å²) in [6.45, 7) is 0.885. The third-order valence-corrected chi connectivity index (χ3v) is 8.21. The predicted molar refractivity (Wildman–Crippen MR) is 131 cm³/mol. The molecular weight excluding hydrogens is 458 g/mol. The van der Waals surface area contributed by atoms with Gasteiger partial charge in [0.05, 0.1) is 10.8 Å². The third-order valence-electron chi connectivity index (χ3n) is 5.69. The number of carbonyl (C=O) groups excluding carboxylic acids is 2. The zero-order valence-electron chi connectivity index (χ0n) is 18.8. The van der Waals surface area contributed by atoms with E-state index >= 15 is 0 Å². The van der Waals surface area contributed by atoms with E-state index in [-0.39, 0.29) is 23.3 Å². The van der Waals surface area contributed by atoms with Gasteiger partial charge < -0.3 is 10.6 Å². The Morgan fingerprint density at radius 1 is 1.09 bits per heavy atom. The van der Waals surface area contributed by atoms with Gasteiger partial charge in [0.25, 0.3) is 0 Å². The summed E-state index contributed by atoms with van der Waals surface area (Å²) in [6, 6.07) is 17.2. The second kappa shape index (κ2) is 12.2. The largest absolute Gasteiger partial charge is 0.350 e. The molecule has 2 unspecified atom stereocenters. The Balaban J connectivity index is 1.62. The van der Waals surface area contributed by atoms with Gasteiger partial charge in [0, 0.05) is 19.6 Å². The number of hydrogen-bond donors (Lipinski definition) is 2. The van der Waals surface area contributed by atoms with Crippen LogP contribution in [0.2, 0.25) is 0 Å². The summed E-state index contributed by atoms with van der Waals surface area (Å²) in [5.74, 6) is -0.270. The minimum atomic E-state index is -3.66. The van der Waals surface area contributed by atoms with Crippen LogP contribution in [-0.4, -0.2) is 55.7 Å². The Morgan fingerprint density at radius 3 is 2.42 bits per heavy atom. The first-order valence-electron chi connectivity index (χ1n) is 11.1. The maximum absolute atomic E-state index is 13.0. The second-order valence-electron chi connectivity index (χ2n) is 8.06. The van der Waals surface area contributed by atoms with Crippen molar-refractivity contribution >= 4 is 33.6 Å². The molecule has 0 bridgehead atoms. The maximum Gasteiger partial charge on any atom is 0.243 e. The summed E-state index contributed by atoms with van der Waals surface area (Å²) in [6.07, 6.45) is 3.65. The van der Waals surface area contributed by atoms with Crippen LogP contribution in [0.1, 0.15) is 24.8 Å². The van der Waals surface area contributed by atoms with Crippen LogP contribution in [0, 0.1) is 5.92 Å². The van der Waals surface area contributed by atoms with E-state index in [0.717, 1.165) is 11.3 Å². The molecule has 9 heteroatoms. The van der Waals surface area contributed by atoms with Gasteiger partial charge in [-0.3, -0.25) is 9.59 Å². The Morgan fingerprint density at radius 2 is 1.76 bits per heavy atom. The molecule has 2 N–H and O–H groups in total. The van der Waals surface area contributed by atoms with Crippen LogP contribution in [0.25, 0.3) is 0 Å². The van der Waals surface area contributed by atoms with Gasteiger partial charge in [0.15, 0.2) is 0 Å². The van der Waals surface area contributed by atoms with Crippen molar-refractivity contribution < 1.29 is 18.0 Å². The van der Waals surface area contributed by atoms with Crippen molar-refractivity contribution in [2.75, 3.05) is 25.1 Å². The Bertz CT molecular complexity index is 1020. The summed E-state index contributed by atoms with van der Waals surface area (Å²) >= 11 is 1.61. The molecule has 2 aromatic rings. The molecule has 1 fully saturated rings. The molecule has 33 heavy (non-hydrogen) atoms. The van der Waals surface area contributed by atoms with Crippen molar-refractivity contribution in [2.45, 2.75) is 36.7 Å². The number of nitrogens with one attached hydrogen (secondary N) is 2. The summed E-state index contributed by atoms with van der Waals surface area (Å²) < 4.78 is 27.3. The van der Waals surface area contributed by atoms with Crippen molar-refractivity contribution in [3.63, 3.8) is 0 Å². The number of benzene rings is 2. The third kappa shape index (κ3) is 7.06. The molecule has 7 nitrogen and oxygen atoms in total. The lowest BCUT2D eigenvalue weighted by atomic mass is 9.98. The zero-order valence-corrected chi connectivity index (χ0v) is 20.4. The fraction of sp³-hybridized carbons (Fsp3) is 0.417. The van der Waals surface area contributed by atoms with Crippen molar-refractivity contribution in [1.82, 2.24) is 14.9 Å². The minimum Gasteiger partial charge on any atom is -0.350 e. The smallest absolute Gasteiger partial charge is 0.243 e. The highest BCUT2D eigenvalue weighted by Gasteiger charge is 2.34. The molecule has 0 aromatic heterocycles. The molecule has 1 aliphatic heterocycles. The Hall–Kier alpha value is -2.36. The number of amides is 2. The Labute approximate surface area is 200 Å². The summed E-state index contributed by atoms with van der Waals surface area (Å²) in [5.41, 5.74) is 0.981. The van der Waals surface area contributed by atoms with Gasteiger partial charge in [-0.25, -0.2) is 8.42 Å². The average molecular weight is 490 g/mol. The molecule has 1 saturated heterocycles. The van der Waals surface area contributed by atoms with E-state index in [9.17, 15) is 18.0 Å². The van der Waals surface area contributed by atoms with Crippen molar-refractivity contribution in [1.29, 1.82) is 0 Å². The summed E-state index contributed by atoms with van der Waals surface area (Å²) in [5, 5.41) is 5.79. The quantitative estimate of drug-likeness (QED) is 0.535. The number of piperidine rings is 1. The van der Waals surface area contributed by atoms with Crippen LogP contribution in [0.15, 0.2) is 65.6 Å². The molecule has 2 atom stereocenters. The van der Waals surface area contributed by atoms with E-state index < -0.39 is 22.0 Å². The van der Waals surface area contributed by atoms with E-state index in [1.807, 2.05) is 36.6 Å². The standard InChI is InChI=1S/C24H31N3O4S2/c1-32-16-14-22(24(29)25-17-19-9-4-2-5-10-19)26-23(28)20-11-8-15-27(18-20)33(30,31)21-12-6-3-7-13-21/h2-7,9-10,12-13,20,22H,8,11,14-18H2,1H3,(H,25,29)(H,26,28). The number of nitrogens with zero attached hydrogens (tertiary/aromatic N) is 1. The van der Waals surface area contributed by atoms with Crippen molar-refractivity contribution in [3.8, 4) is 0 Å². The van der Waals surface area contributed by atoms with Gasteiger partial charge in [-0.2, -0.15) is 16.1 Å². The van der Waals surface area contributed by atoms with Gasteiger partial charge in [-0.05, 0) is 49.0 Å². The average Bonchev–Trinajstić information content (AvgIpc) is 2.86. The number of sulfonamides is 1. The highest BCUT2D eigenvalue weighted by molar-refractivity contribution is 7.98. The van der Waals surface area contributed by atoms with Gasteiger partial charge in [-0.15, -0.1) is 0 Å². The SMILES string of the molecule is CSCCC(NC(=O)C1CCCN(S(=O)(=O)c2ccccc2)C1)C(=O)NCc1ccccc1. The lowest BCUT2D eigenvalue weighted by Gasteiger charge is -2.32. The first-order valence-corrected chi connectivity index (χ1v) is 13.9. The first-order chi connectivity index (χ1) is 15.9.